The SMILES string of the molecule is O=S(=O)(NCc1ccsc1)c1ccc(Cl)s1. The van der Waals surface area contributed by atoms with Gasteiger partial charge < -0.3 is 0 Å². The first-order valence-electron chi connectivity index (χ1n) is 4.34. The Kier molecular flexibility index (Phi) is 3.66. The smallest absolute Gasteiger partial charge is 0.206 e. The zero-order valence-corrected chi connectivity index (χ0v) is 11.2. The van der Waals surface area contributed by atoms with Crippen LogP contribution >= 0.6 is 34.3 Å². The van der Waals surface area contributed by atoms with E-state index in [1.54, 1.807) is 6.07 Å². The van der Waals surface area contributed by atoms with Gasteiger partial charge in [0.15, 0.2) is 0 Å². The Balaban J connectivity index is 2.09. The highest BCUT2D eigenvalue weighted by Gasteiger charge is 2.15. The Morgan fingerprint density at radius 2 is 2.12 bits per heavy atom. The molecule has 0 aromatic carbocycles. The van der Waals surface area contributed by atoms with Gasteiger partial charge in [-0.1, -0.05) is 11.6 Å². The van der Waals surface area contributed by atoms with Crippen molar-refractivity contribution >= 4 is 44.3 Å². The molecule has 2 rings (SSSR count). The molecule has 0 saturated carbocycles. The summed E-state index contributed by atoms with van der Waals surface area (Å²) < 4.78 is 26.8. The molecule has 0 bridgehead atoms. The number of hydrogen-bond acceptors (Lipinski definition) is 4. The molecule has 2 aromatic heterocycles. The second kappa shape index (κ2) is 4.85. The third-order valence-electron chi connectivity index (χ3n) is 1.86. The molecule has 0 atom stereocenters. The molecule has 1 N–H and O–H groups in total. The molecule has 0 aliphatic carbocycles. The molecule has 16 heavy (non-hydrogen) atoms. The Morgan fingerprint density at radius 1 is 1.31 bits per heavy atom. The van der Waals surface area contributed by atoms with Crippen LogP contribution in [0.5, 0.6) is 0 Å². The summed E-state index contributed by atoms with van der Waals surface area (Å²) in [7, 11) is -3.43. The minimum absolute atomic E-state index is 0.243. The van der Waals surface area contributed by atoms with Gasteiger partial charge in [0, 0.05) is 6.54 Å². The second-order valence-electron chi connectivity index (χ2n) is 3.01. The van der Waals surface area contributed by atoms with Crippen LogP contribution in [0.4, 0.5) is 0 Å². The van der Waals surface area contributed by atoms with E-state index in [1.165, 1.54) is 17.4 Å². The first-order chi connectivity index (χ1) is 7.58. The van der Waals surface area contributed by atoms with E-state index in [1.807, 2.05) is 16.8 Å². The Hall–Kier alpha value is -0.400. The zero-order chi connectivity index (χ0) is 11.6. The van der Waals surface area contributed by atoms with Crippen molar-refractivity contribution in [1.29, 1.82) is 0 Å². The number of sulfonamides is 1. The third kappa shape index (κ3) is 2.83. The van der Waals surface area contributed by atoms with Crippen LogP contribution in [0, 0.1) is 0 Å². The number of nitrogens with one attached hydrogen (secondary N) is 1. The minimum Gasteiger partial charge on any atom is -0.206 e. The van der Waals surface area contributed by atoms with Crippen molar-refractivity contribution in [3.05, 3.63) is 38.9 Å². The van der Waals surface area contributed by atoms with Crippen LogP contribution in [-0.4, -0.2) is 8.42 Å². The van der Waals surface area contributed by atoms with Crippen molar-refractivity contribution in [2.24, 2.45) is 0 Å². The molecule has 0 spiro atoms. The van der Waals surface area contributed by atoms with Gasteiger partial charge in [-0.2, -0.15) is 11.3 Å². The summed E-state index contributed by atoms with van der Waals surface area (Å²) >= 11 is 8.28. The van der Waals surface area contributed by atoms with Gasteiger partial charge in [-0.05, 0) is 34.5 Å². The van der Waals surface area contributed by atoms with Crippen molar-refractivity contribution in [2.75, 3.05) is 0 Å². The summed E-state index contributed by atoms with van der Waals surface area (Å²) in [6, 6.07) is 4.96. The van der Waals surface area contributed by atoms with E-state index in [2.05, 4.69) is 4.72 Å². The number of thiophene rings is 2. The van der Waals surface area contributed by atoms with Crippen molar-refractivity contribution in [2.45, 2.75) is 10.8 Å². The molecule has 0 amide bonds. The van der Waals surface area contributed by atoms with E-state index in [-0.39, 0.29) is 4.21 Å². The van der Waals surface area contributed by atoms with Gasteiger partial charge in [-0.15, -0.1) is 11.3 Å². The monoisotopic (exact) mass is 293 g/mol. The van der Waals surface area contributed by atoms with Gasteiger partial charge in [-0.3, -0.25) is 0 Å². The van der Waals surface area contributed by atoms with Gasteiger partial charge in [-0.25, -0.2) is 13.1 Å². The normalized spacial score (nSPS) is 11.8. The molecule has 0 saturated heterocycles. The maximum Gasteiger partial charge on any atom is 0.250 e. The molecular formula is C9H8ClNO2S3. The average Bonchev–Trinajstić information content (AvgIpc) is 2.85. The van der Waals surface area contributed by atoms with E-state index in [9.17, 15) is 8.42 Å². The summed E-state index contributed by atoms with van der Waals surface area (Å²) in [6.45, 7) is 0.307. The van der Waals surface area contributed by atoms with Crippen LogP contribution in [-0.2, 0) is 16.6 Å². The average molecular weight is 294 g/mol. The Labute approximate surface area is 107 Å². The Bertz CT molecular complexity index is 559. The second-order valence-corrected chi connectivity index (χ2v) is 7.50. The van der Waals surface area contributed by atoms with Crippen LogP contribution < -0.4 is 4.72 Å². The molecule has 0 unspecified atom stereocenters. The maximum absolute atomic E-state index is 11.8. The number of halogens is 1. The van der Waals surface area contributed by atoms with E-state index in [0.29, 0.717) is 10.9 Å². The molecule has 0 aliphatic rings. The van der Waals surface area contributed by atoms with Crippen LogP contribution in [0.3, 0.4) is 0 Å². The molecular weight excluding hydrogens is 286 g/mol. The van der Waals surface area contributed by atoms with Crippen molar-refractivity contribution in [3.63, 3.8) is 0 Å². The number of rotatable bonds is 4. The summed E-state index contributed by atoms with van der Waals surface area (Å²) in [5.41, 5.74) is 0.955. The van der Waals surface area contributed by atoms with Crippen LogP contribution in [0.2, 0.25) is 4.34 Å². The lowest BCUT2D eigenvalue weighted by atomic mass is 10.4. The molecule has 7 heteroatoms. The first-order valence-corrected chi connectivity index (χ1v) is 7.96. The van der Waals surface area contributed by atoms with Gasteiger partial charge in [0.1, 0.15) is 4.21 Å². The van der Waals surface area contributed by atoms with Gasteiger partial charge in [0.2, 0.25) is 10.0 Å². The predicted octanol–water partition coefficient (Wildman–Crippen LogP) is 2.94. The molecule has 3 nitrogen and oxygen atoms in total. The van der Waals surface area contributed by atoms with E-state index >= 15 is 0 Å². The largest absolute Gasteiger partial charge is 0.250 e. The molecule has 0 fully saturated rings. The summed E-state index contributed by atoms with van der Waals surface area (Å²) in [5.74, 6) is 0. The highest BCUT2D eigenvalue weighted by atomic mass is 35.5. The topological polar surface area (TPSA) is 46.2 Å². The molecule has 0 radical (unpaired) electrons. The van der Waals surface area contributed by atoms with Crippen LogP contribution in [0.1, 0.15) is 5.56 Å². The van der Waals surface area contributed by atoms with Gasteiger partial charge in [0.25, 0.3) is 0 Å². The molecule has 0 aliphatic heterocycles. The molecule has 2 heterocycles. The van der Waals surface area contributed by atoms with Crippen molar-refractivity contribution < 1.29 is 8.42 Å². The van der Waals surface area contributed by atoms with Crippen LogP contribution in [0.15, 0.2) is 33.2 Å². The third-order valence-corrected chi connectivity index (χ3v) is 5.72. The lowest BCUT2D eigenvalue weighted by Crippen LogP contribution is -2.21. The quantitative estimate of drug-likeness (QED) is 0.942. The predicted molar refractivity (Wildman–Crippen MR) is 67.7 cm³/mol. The van der Waals surface area contributed by atoms with Gasteiger partial charge in [0.05, 0.1) is 4.34 Å². The highest BCUT2D eigenvalue weighted by Crippen LogP contribution is 2.25. The lowest BCUT2D eigenvalue weighted by Gasteiger charge is -2.02. The standard InChI is InChI=1S/C9H8ClNO2S3/c10-8-1-2-9(15-8)16(12,13)11-5-7-3-4-14-6-7/h1-4,6,11H,5H2. The minimum atomic E-state index is -3.43. The van der Waals surface area contributed by atoms with Gasteiger partial charge >= 0.3 is 0 Å². The first kappa shape index (κ1) is 12.1. The highest BCUT2D eigenvalue weighted by molar-refractivity contribution is 7.91. The van der Waals surface area contributed by atoms with Crippen molar-refractivity contribution in [1.82, 2.24) is 4.72 Å². The van der Waals surface area contributed by atoms with E-state index in [4.69, 9.17) is 11.6 Å². The summed E-state index contributed by atoms with van der Waals surface area (Å²) in [6.07, 6.45) is 0. The maximum atomic E-state index is 11.8. The van der Waals surface area contributed by atoms with E-state index in [0.717, 1.165) is 16.9 Å². The Morgan fingerprint density at radius 3 is 2.69 bits per heavy atom. The molecule has 2 aromatic rings. The fourth-order valence-electron chi connectivity index (χ4n) is 1.08. The van der Waals surface area contributed by atoms with E-state index < -0.39 is 10.0 Å². The fraction of sp³-hybridized carbons (Fsp3) is 0.111. The fourth-order valence-corrected chi connectivity index (χ4v) is 4.30. The summed E-state index contributed by atoms with van der Waals surface area (Å²) in [4.78, 5) is 0. The van der Waals surface area contributed by atoms with Crippen LogP contribution in [0.25, 0.3) is 0 Å². The lowest BCUT2D eigenvalue weighted by molar-refractivity contribution is 0.583. The summed E-state index contributed by atoms with van der Waals surface area (Å²) in [5, 5.41) is 3.82. The van der Waals surface area contributed by atoms with Crippen molar-refractivity contribution in [3.8, 4) is 0 Å². The number of hydrogen-bond donors (Lipinski definition) is 1. The molecule has 86 valence electrons. The zero-order valence-electron chi connectivity index (χ0n) is 8.01.